The summed E-state index contributed by atoms with van der Waals surface area (Å²) in [6, 6.07) is 0. The second-order valence-electron chi connectivity index (χ2n) is 9.44. The molecule has 1 aliphatic heterocycles. The van der Waals surface area contributed by atoms with Crippen molar-refractivity contribution in [3.63, 3.8) is 0 Å². The van der Waals surface area contributed by atoms with Crippen LogP contribution in [-0.2, 0) is 4.79 Å². The summed E-state index contributed by atoms with van der Waals surface area (Å²) in [5.41, 5.74) is 3.28. The minimum Gasteiger partial charge on any atom is -0.394 e. The summed E-state index contributed by atoms with van der Waals surface area (Å²) in [7, 11) is 0. The second-order valence-corrected chi connectivity index (χ2v) is 9.44. The van der Waals surface area contributed by atoms with Gasteiger partial charge < -0.3 is 15.1 Å². The third-order valence-corrected chi connectivity index (χ3v) is 4.74. The molecule has 1 unspecified atom stereocenters. The molecule has 4 heteroatoms. The Kier molecular flexibility index (Phi) is 6.68. The van der Waals surface area contributed by atoms with Crippen molar-refractivity contribution >= 4 is 5.78 Å². The maximum Gasteiger partial charge on any atom is 0.186 e. The molecule has 2 N–H and O–H groups in total. The van der Waals surface area contributed by atoms with Gasteiger partial charge in [0.25, 0.3) is 0 Å². The Balaban J connectivity index is 2.29. The maximum atomic E-state index is 13.0. The number of rotatable bonds is 4. The molecule has 0 bridgehead atoms. The van der Waals surface area contributed by atoms with Crippen LogP contribution >= 0.6 is 0 Å². The highest BCUT2D eigenvalue weighted by molar-refractivity contribution is 6.11. The predicted molar refractivity (Wildman–Crippen MR) is 114 cm³/mol. The fourth-order valence-electron chi connectivity index (χ4n) is 3.06. The maximum absolute atomic E-state index is 13.0. The first-order chi connectivity index (χ1) is 12.9. The molecular weight excluding hydrogens is 350 g/mol. The minimum absolute atomic E-state index is 0.139. The number of allylic oxidation sites excluding steroid dienone is 10. The van der Waals surface area contributed by atoms with E-state index in [0.29, 0.717) is 6.54 Å². The van der Waals surface area contributed by atoms with E-state index in [4.69, 9.17) is 5.11 Å². The molecule has 2 rings (SSSR count). The molecule has 0 fully saturated rings. The van der Waals surface area contributed by atoms with Gasteiger partial charge >= 0.3 is 0 Å². The van der Waals surface area contributed by atoms with E-state index in [0.717, 1.165) is 22.3 Å². The zero-order chi connectivity index (χ0) is 21.1. The molecule has 1 heterocycles. The van der Waals surface area contributed by atoms with Gasteiger partial charge in [0.1, 0.15) is 0 Å². The van der Waals surface area contributed by atoms with Crippen molar-refractivity contribution in [3.05, 3.63) is 71.1 Å². The molecule has 0 aromatic carbocycles. The molecule has 0 saturated heterocycles. The average molecular weight is 384 g/mol. The van der Waals surface area contributed by atoms with Gasteiger partial charge in [-0.15, -0.1) is 0 Å². The van der Waals surface area contributed by atoms with Gasteiger partial charge in [-0.25, -0.2) is 0 Å². The highest BCUT2D eigenvalue weighted by atomic mass is 16.3. The molecule has 152 valence electrons. The normalized spacial score (nSPS) is 18.9. The van der Waals surface area contributed by atoms with Gasteiger partial charge in [0.05, 0.1) is 19.3 Å². The molecule has 0 spiro atoms. The summed E-state index contributed by atoms with van der Waals surface area (Å²) in [6.45, 7) is 12.5. The van der Waals surface area contributed by atoms with Gasteiger partial charge in [-0.3, -0.25) is 4.79 Å². The lowest BCUT2D eigenvalue weighted by Crippen LogP contribution is -2.28. The van der Waals surface area contributed by atoms with Crippen molar-refractivity contribution in [2.75, 3.05) is 13.2 Å². The van der Waals surface area contributed by atoms with Crippen molar-refractivity contribution in [1.29, 1.82) is 0 Å². The van der Waals surface area contributed by atoms with Crippen LogP contribution < -0.4 is 0 Å². The summed E-state index contributed by atoms with van der Waals surface area (Å²) in [5, 5.41) is 18.5. The van der Waals surface area contributed by atoms with E-state index in [-0.39, 0.29) is 23.2 Å². The van der Waals surface area contributed by atoms with Crippen LogP contribution in [0.3, 0.4) is 0 Å². The van der Waals surface area contributed by atoms with Crippen molar-refractivity contribution in [2.45, 2.75) is 47.6 Å². The number of aliphatic hydroxyl groups excluding tert-OH is 2. The fourth-order valence-corrected chi connectivity index (χ4v) is 3.06. The van der Waals surface area contributed by atoms with E-state index >= 15 is 0 Å². The van der Waals surface area contributed by atoms with Crippen LogP contribution in [0.25, 0.3) is 0 Å². The SMILES string of the molecule is CC(C)(C)C1=CC(=CC=C2C=CN(CC(O)CO)C=C2)C=C(C(C)(C)C)C1=O. The zero-order valence-corrected chi connectivity index (χ0v) is 17.9. The predicted octanol–water partition coefficient (Wildman–Crippen LogP) is 4.06. The van der Waals surface area contributed by atoms with Crippen LogP contribution in [0.1, 0.15) is 41.5 Å². The smallest absolute Gasteiger partial charge is 0.186 e. The Hall–Kier alpha value is -2.17. The van der Waals surface area contributed by atoms with Gasteiger partial charge in [-0.05, 0) is 46.3 Å². The highest BCUT2D eigenvalue weighted by Gasteiger charge is 2.33. The van der Waals surface area contributed by atoms with Gasteiger partial charge in [0, 0.05) is 23.5 Å². The first kappa shape index (κ1) is 22.1. The summed E-state index contributed by atoms with van der Waals surface area (Å²) < 4.78 is 0. The number of carbonyl (C=O) groups is 1. The minimum atomic E-state index is -0.761. The molecule has 0 radical (unpaired) electrons. The Morgan fingerprint density at radius 2 is 1.39 bits per heavy atom. The van der Waals surface area contributed by atoms with Crippen molar-refractivity contribution in [1.82, 2.24) is 4.90 Å². The lowest BCUT2D eigenvalue weighted by Gasteiger charge is -2.31. The van der Waals surface area contributed by atoms with Gasteiger partial charge in [-0.1, -0.05) is 53.7 Å². The standard InChI is InChI=1S/C24H33NO3/c1-23(2,3)20-13-18(14-21(22(20)28)24(4,5)6)8-7-17-9-11-25(12-10-17)15-19(27)16-26/h7-14,19,26-27H,15-16H2,1-6H3. The van der Waals surface area contributed by atoms with Crippen LogP contribution in [0, 0.1) is 10.8 Å². The molecule has 28 heavy (non-hydrogen) atoms. The van der Waals surface area contributed by atoms with E-state index in [1.807, 2.05) is 53.8 Å². The van der Waals surface area contributed by atoms with Crippen LogP contribution in [0.4, 0.5) is 0 Å². The first-order valence-corrected chi connectivity index (χ1v) is 9.74. The molecule has 0 amide bonds. The Morgan fingerprint density at radius 3 is 1.82 bits per heavy atom. The third kappa shape index (κ3) is 5.66. The van der Waals surface area contributed by atoms with Crippen molar-refractivity contribution in [2.24, 2.45) is 10.8 Å². The van der Waals surface area contributed by atoms with Crippen LogP contribution in [0.15, 0.2) is 71.1 Å². The molecule has 2 aliphatic rings. The number of carbonyl (C=O) groups excluding carboxylic acids is 1. The summed E-state index contributed by atoms with van der Waals surface area (Å²) in [6.07, 6.45) is 14.9. The van der Waals surface area contributed by atoms with Gasteiger partial charge in [-0.2, -0.15) is 0 Å². The van der Waals surface area contributed by atoms with Gasteiger partial charge in [0.15, 0.2) is 5.78 Å². The molecule has 4 nitrogen and oxygen atoms in total. The van der Waals surface area contributed by atoms with Crippen LogP contribution in [0.5, 0.6) is 0 Å². The number of nitrogens with zero attached hydrogens (tertiary/aromatic N) is 1. The number of hydrogen-bond acceptors (Lipinski definition) is 4. The fraction of sp³-hybridized carbons (Fsp3) is 0.458. The molecule has 0 aromatic rings. The van der Waals surface area contributed by atoms with E-state index in [1.165, 1.54) is 0 Å². The lowest BCUT2D eigenvalue weighted by atomic mass is 9.72. The van der Waals surface area contributed by atoms with Crippen molar-refractivity contribution in [3.8, 4) is 0 Å². The number of β-amino-alcohol motifs (C(OH)–C–C–N with tert-alkyl or cyclic N) is 1. The first-order valence-electron chi connectivity index (χ1n) is 9.74. The molecule has 1 aliphatic carbocycles. The topological polar surface area (TPSA) is 60.8 Å². The number of ketones is 1. The monoisotopic (exact) mass is 383 g/mol. The summed E-state index contributed by atoms with van der Waals surface area (Å²) in [4.78, 5) is 14.8. The Bertz CT molecular complexity index is 741. The van der Waals surface area contributed by atoms with Crippen molar-refractivity contribution < 1.29 is 15.0 Å². The third-order valence-electron chi connectivity index (χ3n) is 4.74. The second kappa shape index (κ2) is 8.46. The number of Topliss-reactive ketones (excluding diaryl/α,β-unsaturated/α-hetero) is 1. The van der Waals surface area contributed by atoms with Crippen LogP contribution in [0.2, 0.25) is 0 Å². The number of aliphatic hydroxyl groups is 2. The van der Waals surface area contributed by atoms with E-state index in [1.54, 1.807) is 0 Å². The average Bonchev–Trinajstić information content (AvgIpc) is 2.59. The Morgan fingerprint density at radius 1 is 0.929 bits per heavy atom. The molecule has 0 aromatic heterocycles. The van der Waals surface area contributed by atoms with Crippen LogP contribution in [-0.4, -0.2) is 40.2 Å². The largest absolute Gasteiger partial charge is 0.394 e. The summed E-state index contributed by atoms with van der Waals surface area (Å²) in [5.74, 6) is 0.139. The lowest BCUT2D eigenvalue weighted by molar-refractivity contribution is -0.114. The van der Waals surface area contributed by atoms with E-state index < -0.39 is 6.10 Å². The molecule has 1 atom stereocenters. The molecule has 0 saturated carbocycles. The zero-order valence-electron chi connectivity index (χ0n) is 17.9. The highest BCUT2D eigenvalue weighted by Crippen LogP contribution is 2.38. The quantitative estimate of drug-likeness (QED) is 0.768. The van der Waals surface area contributed by atoms with Gasteiger partial charge in [0.2, 0.25) is 0 Å². The number of hydrogen-bond donors (Lipinski definition) is 2. The van der Waals surface area contributed by atoms with E-state index in [2.05, 4.69) is 41.5 Å². The molecular formula is C24H33NO3. The Labute approximate surface area is 168 Å². The summed E-state index contributed by atoms with van der Waals surface area (Å²) >= 11 is 0. The van der Waals surface area contributed by atoms with E-state index in [9.17, 15) is 9.90 Å².